The third kappa shape index (κ3) is 5.86. The Morgan fingerprint density at radius 1 is 1.47 bits per heavy atom. The lowest BCUT2D eigenvalue weighted by Gasteiger charge is -2.13. The van der Waals surface area contributed by atoms with E-state index in [1.807, 2.05) is 32.0 Å². The minimum Gasteiger partial charge on any atom is -0.390 e. The zero-order chi connectivity index (χ0) is 12.7. The molecule has 3 nitrogen and oxygen atoms in total. The number of aliphatic hydroxyl groups is 1. The van der Waals surface area contributed by atoms with Crippen molar-refractivity contribution in [2.75, 3.05) is 12.4 Å². The molecule has 0 fully saturated rings. The Balaban J connectivity index is 2.36. The Morgan fingerprint density at radius 3 is 2.88 bits per heavy atom. The lowest BCUT2D eigenvalue weighted by molar-refractivity contribution is 0.0152. The van der Waals surface area contributed by atoms with Gasteiger partial charge in [-0.1, -0.05) is 12.1 Å². The van der Waals surface area contributed by atoms with E-state index in [4.69, 9.17) is 4.74 Å². The molecule has 1 aromatic rings. The molecule has 0 spiro atoms. The van der Waals surface area contributed by atoms with E-state index in [0.29, 0.717) is 17.9 Å². The van der Waals surface area contributed by atoms with E-state index in [-0.39, 0.29) is 6.10 Å². The Bertz CT molecular complexity index is 352. The zero-order valence-corrected chi connectivity index (χ0v) is 10.9. The van der Waals surface area contributed by atoms with Crippen molar-refractivity contribution in [3.8, 4) is 0 Å². The van der Waals surface area contributed by atoms with Gasteiger partial charge in [0.1, 0.15) is 6.29 Å². The van der Waals surface area contributed by atoms with Crippen molar-refractivity contribution in [1.82, 2.24) is 0 Å². The third-order valence-electron chi connectivity index (χ3n) is 2.06. The van der Waals surface area contributed by atoms with E-state index < -0.39 is 6.10 Å². The maximum Gasteiger partial charge on any atom is 0.150 e. The van der Waals surface area contributed by atoms with Gasteiger partial charge in [-0.05, 0) is 26.0 Å². The Morgan fingerprint density at radius 2 is 2.24 bits per heavy atom. The molecule has 0 aliphatic rings. The van der Waals surface area contributed by atoms with Gasteiger partial charge in [-0.3, -0.25) is 4.79 Å². The van der Waals surface area contributed by atoms with Gasteiger partial charge >= 0.3 is 0 Å². The summed E-state index contributed by atoms with van der Waals surface area (Å²) in [6, 6.07) is 7.33. The SMILES string of the molecule is CC(C)OCC(O)CSc1cccc(C=O)c1. The van der Waals surface area contributed by atoms with Crippen LogP contribution in [0.3, 0.4) is 0 Å². The Kier molecular flexibility index (Phi) is 6.26. The second-order valence-corrected chi connectivity index (χ2v) is 5.13. The summed E-state index contributed by atoms with van der Waals surface area (Å²) in [6.07, 6.45) is 0.470. The lowest BCUT2D eigenvalue weighted by Crippen LogP contribution is -2.20. The van der Waals surface area contributed by atoms with Gasteiger partial charge in [0.15, 0.2) is 0 Å². The Labute approximate surface area is 106 Å². The number of hydrogen-bond donors (Lipinski definition) is 1. The van der Waals surface area contributed by atoms with Crippen LogP contribution in [0.5, 0.6) is 0 Å². The molecule has 17 heavy (non-hydrogen) atoms. The zero-order valence-electron chi connectivity index (χ0n) is 10.1. The molecule has 1 aromatic carbocycles. The smallest absolute Gasteiger partial charge is 0.150 e. The van der Waals surface area contributed by atoms with E-state index in [1.165, 1.54) is 11.8 Å². The van der Waals surface area contributed by atoms with Gasteiger partial charge in [-0.15, -0.1) is 11.8 Å². The predicted octanol–water partition coefficient (Wildman–Crippen LogP) is 2.38. The minimum atomic E-state index is -0.484. The van der Waals surface area contributed by atoms with E-state index in [0.717, 1.165) is 11.2 Å². The number of carbonyl (C=O) groups excluding carboxylic acids is 1. The molecule has 0 saturated carbocycles. The molecule has 0 radical (unpaired) electrons. The first-order valence-electron chi connectivity index (χ1n) is 5.59. The van der Waals surface area contributed by atoms with Gasteiger partial charge in [0, 0.05) is 16.2 Å². The summed E-state index contributed by atoms with van der Waals surface area (Å²) in [7, 11) is 0. The standard InChI is InChI=1S/C13H18O3S/c1-10(2)16-8-12(15)9-17-13-5-3-4-11(6-13)7-14/h3-7,10,12,15H,8-9H2,1-2H3. The third-order valence-corrected chi connectivity index (χ3v) is 3.20. The van der Waals surface area contributed by atoms with Crippen LogP contribution in [0.25, 0.3) is 0 Å². The topological polar surface area (TPSA) is 46.5 Å². The molecular formula is C13H18O3S. The lowest BCUT2D eigenvalue weighted by atomic mass is 10.2. The highest BCUT2D eigenvalue weighted by Gasteiger charge is 2.06. The number of aldehydes is 1. The van der Waals surface area contributed by atoms with Crippen LogP contribution >= 0.6 is 11.8 Å². The summed E-state index contributed by atoms with van der Waals surface area (Å²) in [6.45, 7) is 4.22. The van der Waals surface area contributed by atoms with E-state index in [1.54, 1.807) is 6.07 Å². The van der Waals surface area contributed by atoms with Crippen molar-refractivity contribution in [3.05, 3.63) is 29.8 Å². The first kappa shape index (κ1) is 14.2. The van der Waals surface area contributed by atoms with Crippen molar-refractivity contribution in [3.63, 3.8) is 0 Å². The predicted molar refractivity (Wildman–Crippen MR) is 69.6 cm³/mol. The highest BCUT2D eigenvalue weighted by atomic mass is 32.2. The van der Waals surface area contributed by atoms with Crippen molar-refractivity contribution in [1.29, 1.82) is 0 Å². The summed E-state index contributed by atoms with van der Waals surface area (Å²) in [5.41, 5.74) is 0.655. The molecule has 0 aliphatic carbocycles. The molecule has 0 bridgehead atoms. The fourth-order valence-electron chi connectivity index (χ4n) is 1.22. The summed E-state index contributed by atoms with van der Waals surface area (Å²) in [4.78, 5) is 11.6. The van der Waals surface area contributed by atoms with Gasteiger partial charge < -0.3 is 9.84 Å². The van der Waals surface area contributed by atoms with E-state index in [2.05, 4.69) is 0 Å². The molecule has 4 heteroatoms. The van der Waals surface area contributed by atoms with E-state index in [9.17, 15) is 9.90 Å². The molecule has 0 saturated heterocycles. The van der Waals surface area contributed by atoms with Gasteiger partial charge in [0.2, 0.25) is 0 Å². The second-order valence-electron chi connectivity index (χ2n) is 4.04. The highest BCUT2D eigenvalue weighted by molar-refractivity contribution is 7.99. The molecular weight excluding hydrogens is 236 g/mol. The number of benzene rings is 1. The number of ether oxygens (including phenoxy) is 1. The maximum atomic E-state index is 10.6. The number of carbonyl (C=O) groups is 1. The van der Waals surface area contributed by atoms with Crippen LogP contribution in [0.2, 0.25) is 0 Å². The second kappa shape index (κ2) is 7.48. The normalized spacial score (nSPS) is 12.7. The van der Waals surface area contributed by atoms with Crippen molar-refractivity contribution in [2.45, 2.75) is 31.0 Å². The fourth-order valence-corrected chi connectivity index (χ4v) is 2.10. The van der Waals surface area contributed by atoms with Crippen LogP contribution < -0.4 is 0 Å². The van der Waals surface area contributed by atoms with Crippen LogP contribution in [-0.4, -0.2) is 36.0 Å². The van der Waals surface area contributed by atoms with Gasteiger partial charge in [0.05, 0.1) is 18.8 Å². The van der Waals surface area contributed by atoms with Crippen LogP contribution in [0.1, 0.15) is 24.2 Å². The van der Waals surface area contributed by atoms with E-state index >= 15 is 0 Å². The van der Waals surface area contributed by atoms with Crippen molar-refractivity contribution >= 4 is 18.0 Å². The average molecular weight is 254 g/mol. The fraction of sp³-hybridized carbons (Fsp3) is 0.462. The maximum absolute atomic E-state index is 10.6. The largest absolute Gasteiger partial charge is 0.390 e. The molecule has 1 N–H and O–H groups in total. The quantitative estimate of drug-likeness (QED) is 0.599. The van der Waals surface area contributed by atoms with Crippen LogP contribution in [0, 0.1) is 0 Å². The summed E-state index contributed by atoms with van der Waals surface area (Å²) in [5, 5.41) is 9.67. The molecule has 0 aromatic heterocycles. The summed E-state index contributed by atoms with van der Waals surface area (Å²) >= 11 is 1.52. The monoisotopic (exact) mass is 254 g/mol. The summed E-state index contributed by atoms with van der Waals surface area (Å²) in [5.74, 6) is 0.565. The number of hydrogen-bond acceptors (Lipinski definition) is 4. The minimum absolute atomic E-state index is 0.132. The average Bonchev–Trinajstić information content (AvgIpc) is 2.34. The first-order chi connectivity index (χ1) is 8.11. The molecule has 0 heterocycles. The molecule has 1 unspecified atom stereocenters. The van der Waals surface area contributed by atoms with Crippen LogP contribution in [-0.2, 0) is 4.74 Å². The van der Waals surface area contributed by atoms with Gasteiger partial charge in [-0.2, -0.15) is 0 Å². The summed E-state index contributed by atoms with van der Waals surface area (Å²) < 4.78 is 5.32. The van der Waals surface area contributed by atoms with Crippen LogP contribution in [0.4, 0.5) is 0 Å². The number of aliphatic hydroxyl groups excluding tert-OH is 1. The van der Waals surface area contributed by atoms with Crippen molar-refractivity contribution < 1.29 is 14.6 Å². The van der Waals surface area contributed by atoms with Crippen molar-refractivity contribution in [2.24, 2.45) is 0 Å². The molecule has 0 aliphatic heterocycles. The van der Waals surface area contributed by atoms with Gasteiger partial charge in [0.25, 0.3) is 0 Å². The first-order valence-corrected chi connectivity index (χ1v) is 6.58. The molecule has 94 valence electrons. The molecule has 1 rings (SSSR count). The molecule has 1 atom stereocenters. The van der Waals surface area contributed by atoms with Gasteiger partial charge in [-0.25, -0.2) is 0 Å². The molecule has 0 amide bonds. The highest BCUT2D eigenvalue weighted by Crippen LogP contribution is 2.19. The number of thioether (sulfide) groups is 1. The number of rotatable bonds is 7. The van der Waals surface area contributed by atoms with Crippen LogP contribution in [0.15, 0.2) is 29.2 Å². The Hall–Kier alpha value is -0.840.